The highest BCUT2D eigenvalue weighted by Gasteiger charge is 2.12. The molecule has 0 aliphatic heterocycles. The van der Waals surface area contributed by atoms with Gasteiger partial charge in [-0.25, -0.2) is 9.59 Å². The van der Waals surface area contributed by atoms with Gasteiger partial charge in [0, 0.05) is 25.3 Å². The smallest absolute Gasteiger partial charge is 0.338 e. The first kappa shape index (κ1) is 19.5. The van der Waals surface area contributed by atoms with Crippen LogP contribution in [-0.2, 0) is 9.53 Å². The highest BCUT2D eigenvalue weighted by molar-refractivity contribution is 5.97. The molecule has 0 fully saturated rings. The van der Waals surface area contributed by atoms with Crippen LogP contribution in [0, 0.1) is 0 Å². The van der Waals surface area contributed by atoms with Crippen LogP contribution in [0.1, 0.15) is 37.6 Å². The van der Waals surface area contributed by atoms with Crippen molar-refractivity contribution >= 4 is 23.6 Å². The summed E-state index contributed by atoms with van der Waals surface area (Å²) in [6.07, 6.45) is 0.764. The Bertz CT molecular complexity index is 553. The van der Waals surface area contributed by atoms with E-state index in [0.29, 0.717) is 12.1 Å². The van der Waals surface area contributed by atoms with E-state index in [1.54, 1.807) is 12.1 Å². The summed E-state index contributed by atoms with van der Waals surface area (Å²) in [5.41, 5.74) is 1.37. The third kappa shape index (κ3) is 6.28. The summed E-state index contributed by atoms with van der Waals surface area (Å²) < 4.78 is 4.90. The van der Waals surface area contributed by atoms with E-state index >= 15 is 0 Å². The van der Waals surface area contributed by atoms with E-state index in [-0.39, 0.29) is 0 Å². The van der Waals surface area contributed by atoms with Gasteiger partial charge in [0.1, 0.15) is 0 Å². The first-order chi connectivity index (χ1) is 11.5. The predicted octanol–water partition coefficient (Wildman–Crippen LogP) is 1.93. The Balaban J connectivity index is 2.47. The maximum atomic E-state index is 11.9. The molecule has 24 heavy (non-hydrogen) atoms. The summed E-state index contributed by atoms with van der Waals surface area (Å²) in [6, 6.07) is 6.38. The number of ether oxygens (including phenoxy) is 1. The molecule has 7 heteroatoms. The number of nitrogens with one attached hydrogen (secondary N) is 2. The van der Waals surface area contributed by atoms with Crippen LogP contribution in [0.5, 0.6) is 0 Å². The minimum absolute atomic E-state index is 0.356. The van der Waals surface area contributed by atoms with Crippen LogP contribution < -0.4 is 15.5 Å². The van der Waals surface area contributed by atoms with Gasteiger partial charge in [-0.1, -0.05) is 6.92 Å². The fourth-order valence-electron chi connectivity index (χ4n) is 2.06. The van der Waals surface area contributed by atoms with Crippen molar-refractivity contribution in [2.45, 2.75) is 27.2 Å². The van der Waals surface area contributed by atoms with Crippen molar-refractivity contribution in [1.29, 1.82) is 0 Å². The van der Waals surface area contributed by atoms with Gasteiger partial charge in [0.25, 0.3) is 5.91 Å². The molecule has 0 saturated carbocycles. The van der Waals surface area contributed by atoms with Crippen molar-refractivity contribution < 1.29 is 19.1 Å². The number of urea groups is 1. The fraction of sp³-hybridized carbons (Fsp3) is 0.471. The molecule has 1 aromatic rings. The van der Waals surface area contributed by atoms with E-state index in [9.17, 15) is 14.4 Å². The molecule has 0 heterocycles. The third-order valence-corrected chi connectivity index (χ3v) is 3.35. The summed E-state index contributed by atoms with van der Waals surface area (Å²) in [7, 11) is 0. The quantitative estimate of drug-likeness (QED) is 0.709. The normalized spacial score (nSPS) is 9.96. The number of carbonyl (C=O) groups excluding carboxylic acids is 3. The molecule has 1 rings (SSSR count). The zero-order valence-corrected chi connectivity index (χ0v) is 14.4. The lowest BCUT2D eigenvalue weighted by Gasteiger charge is -2.20. The van der Waals surface area contributed by atoms with E-state index in [4.69, 9.17) is 4.74 Å². The van der Waals surface area contributed by atoms with E-state index in [1.165, 1.54) is 0 Å². The average molecular weight is 335 g/mol. The Labute approximate surface area is 142 Å². The van der Waals surface area contributed by atoms with Crippen LogP contribution in [0.3, 0.4) is 0 Å². The molecule has 0 aliphatic rings. The predicted molar refractivity (Wildman–Crippen MR) is 92.1 cm³/mol. The maximum Gasteiger partial charge on any atom is 0.338 e. The maximum absolute atomic E-state index is 11.9. The van der Waals surface area contributed by atoms with Gasteiger partial charge < -0.3 is 15.0 Å². The zero-order valence-electron chi connectivity index (χ0n) is 14.4. The minimum atomic E-state index is -0.670. The number of nitrogens with zero attached hydrogens (tertiary/aromatic N) is 1. The Morgan fingerprint density at radius 1 is 1.04 bits per heavy atom. The van der Waals surface area contributed by atoms with Crippen LogP contribution in [0.15, 0.2) is 24.3 Å². The Hall–Kier alpha value is -2.57. The first-order valence-electron chi connectivity index (χ1n) is 8.11. The number of esters is 1. The second-order valence-electron chi connectivity index (χ2n) is 5.10. The van der Waals surface area contributed by atoms with Crippen LogP contribution in [0.25, 0.3) is 0 Å². The van der Waals surface area contributed by atoms with Crippen molar-refractivity contribution in [3.05, 3.63) is 29.8 Å². The van der Waals surface area contributed by atoms with E-state index < -0.39 is 24.5 Å². The van der Waals surface area contributed by atoms with E-state index in [1.807, 2.05) is 19.1 Å². The van der Waals surface area contributed by atoms with Crippen molar-refractivity contribution in [3.63, 3.8) is 0 Å². The van der Waals surface area contributed by atoms with Crippen LogP contribution in [0.4, 0.5) is 10.5 Å². The second kappa shape index (κ2) is 10.3. The van der Waals surface area contributed by atoms with Gasteiger partial charge in [-0.3, -0.25) is 10.1 Å². The summed E-state index contributed by atoms with van der Waals surface area (Å²) in [5, 5.41) is 4.58. The van der Waals surface area contributed by atoms with Gasteiger partial charge in [-0.2, -0.15) is 0 Å². The molecule has 0 saturated heterocycles. The molecule has 132 valence electrons. The van der Waals surface area contributed by atoms with Crippen molar-refractivity contribution in [1.82, 2.24) is 10.6 Å². The highest BCUT2D eigenvalue weighted by Crippen LogP contribution is 2.15. The van der Waals surface area contributed by atoms with Gasteiger partial charge in [-0.05, 0) is 44.5 Å². The topological polar surface area (TPSA) is 87.7 Å². The lowest BCUT2D eigenvalue weighted by atomic mass is 10.2. The number of hydrogen-bond donors (Lipinski definition) is 2. The van der Waals surface area contributed by atoms with Gasteiger partial charge in [0.2, 0.25) is 0 Å². The van der Waals surface area contributed by atoms with Crippen LogP contribution >= 0.6 is 0 Å². The van der Waals surface area contributed by atoms with Crippen molar-refractivity contribution in [3.8, 4) is 0 Å². The van der Waals surface area contributed by atoms with E-state index in [0.717, 1.165) is 25.2 Å². The highest BCUT2D eigenvalue weighted by atomic mass is 16.5. The molecule has 0 bridgehead atoms. The fourth-order valence-corrected chi connectivity index (χ4v) is 2.06. The molecule has 0 spiro atoms. The number of amides is 3. The van der Waals surface area contributed by atoms with Gasteiger partial charge in [-0.15, -0.1) is 0 Å². The summed E-state index contributed by atoms with van der Waals surface area (Å²) in [6.45, 7) is 7.73. The number of hydrogen-bond acceptors (Lipinski definition) is 5. The molecule has 1 aromatic carbocycles. The molecule has 7 nitrogen and oxygen atoms in total. The molecule has 2 N–H and O–H groups in total. The third-order valence-electron chi connectivity index (χ3n) is 3.35. The second-order valence-corrected chi connectivity index (χ2v) is 5.10. The number of carbonyl (C=O) groups is 3. The average Bonchev–Trinajstić information content (AvgIpc) is 2.59. The van der Waals surface area contributed by atoms with Gasteiger partial charge in [0.15, 0.2) is 6.61 Å². The van der Waals surface area contributed by atoms with Gasteiger partial charge >= 0.3 is 12.0 Å². The molecule has 0 unspecified atom stereocenters. The Morgan fingerprint density at radius 3 is 2.21 bits per heavy atom. The Kier molecular flexibility index (Phi) is 8.32. The Morgan fingerprint density at radius 2 is 1.67 bits per heavy atom. The molecule has 0 atom stereocenters. The van der Waals surface area contributed by atoms with Crippen LogP contribution in [-0.4, -0.2) is 44.1 Å². The standard InChI is InChI=1S/C17H25N3O4/c1-4-11-18-17(23)19-15(21)12-24-16(22)13-7-9-14(10-8-13)20(5-2)6-3/h7-10H,4-6,11-12H2,1-3H3,(H2,18,19,21,23). The molecule has 3 amide bonds. The number of imide groups is 1. The number of rotatable bonds is 8. The molecular weight excluding hydrogens is 310 g/mol. The summed E-state index contributed by atoms with van der Waals surface area (Å²) in [5.74, 6) is -1.28. The van der Waals surface area contributed by atoms with Crippen molar-refractivity contribution in [2.24, 2.45) is 0 Å². The largest absolute Gasteiger partial charge is 0.452 e. The SMILES string of the molecule is CCCNC(=O)NC(=O)COC(=O)c1ccc(N(CC)CC)cc1. The minimum Gasteiger partial charge on any atom is -0.452 e. The molecule has 0 aromatic heterocycles. The van der Waals surface area contributed by atoms with Gasteiger partial charge in [0.05, 0.1) is 5.56 Å². The summed E-state index contributed by atoms with van der Waals surface area (Å²) >= 11 is 0. The monoisotopic (exact) mass is 335 g/mol. The summed E-state index contributed by atoms with van der Waals surface area (Å²) in [4.78, 5) is 36.9. The van der Waals surface area contributed by atoms with Crippen LogP contribution in [0.2, 0.25) is 0 Å². The lowest BCUT2D eigenvalue weighted by Crippen LogP contribution is -2.41. The first-order valence-corrected chi connectivity index (χ1v) is 8.11. The van der Waals surface area contributed by atoms with E-state index in [2.05, 4.69) is 29.4 Å². The number of anilines is 1. The molecular formula is C17H25N3O4. The molecule has 0 radical (unpaired) electrons. The van der Waals surface area contributed by atoms with Crippen molar-refractivity contribution in [2.75, 3.05) is 31.1 Å². The number of benzene rings is 1. The molecule has 0 aliphatic carbocycles. The zero-order chi connectivity index (χ0) is 17.9. The lowest BCUT2D eigenvalue weighted by molar-refractivity contribution is -0.123.